The van der Waals surface area contributed by atoms with E-state index in [1.807, 2.05) is 18.2 Å². The Kier molecular flexibility index (Phi) is 4.40. The van der Waals surface area contributed by atoms with Gasteiger partial charge in [0.15, 0.2) is 0 Å². The predicted molar refractivity (Wildman–Crippen MR) is 68.1 cm³/mol. The van der Waals surface area contributed by atoms with Crippen LogP contribution in [0, 0.1) is 0 Å². The number of rotatable bonds is 4. The Balaban J connectivity index is 1.88. The molecule has 0 amide bonds. The van der Waals surface area contributed by atoms with Gasteiger partial charge in [-0.2, -0.15) is 0 Å². The number of benzene rings is 1. The normalized spacial score (nSPS) is 24.6. The fourth-order valence-electron chi connectivity index (χ4n) is 2.38. The molecule has 0 spiro atoms. The van der Waals surface area contributed by atoms with Crippen molar-refractivity contribution >= 4 is 0 Å². The second kappa shape index (κ2) is 6.03. The van der Waals surface area contributed by atoms with E-state index < -0.39 is 0 Å². The van der Waals surface area contributed by atoms with Crippen LogP contribution in [0.1, 0.15) is 31.2 Å². The highest BCUT2D eigenvalue weighted by Crippen LogP contribution is 2.19. The fraction of sp³-hybridized carbons (Fsp3) is 0.571. The molecule has 1 aliphatic rings. The van der Waals surface area contributed by atoms with Crippen LogP contribution in [0.5, 0.6) is 5.75 Å². The Morgan fingerprint density at radius 2 is 2.18 bits per heavy atom. The zero-order valence-electron chi connectivity index (χ0n) is 10.4. The number of hydrogen-bond acceptors (Lipinski definition) is 3. The van der Waals surface area contributed by atoms with Gasteiger partial charge in [0.1, 0.15) is 5.75 Å². The smallest absolute Gasteiger partial charge is 0.119 e. The van der Waals surface area contributed by atoms with Gasteiger partial charge in [0.05, 0.1) is 13.2 Å². The molecule has 0 bridgehead atoms. The van der Waals surface area contributed by atoms with Crippen LogP contribution < -0.4 is 10.1 Å². The SMILES string of the molecule is COc1cccc(CN[C@H]2CCCC[C@@H]2O)c1. The minimum absolute atomic E-state index is 0.186. The van der Waals surface area contributed by atoms with Gasteiger partial charge in [0.2, 0.25) is 0 Å². The van der Waals surface area contributed by atoms with Crippen LogP contribution in [-0.2, 0) is 6.54 Å². The number of ether oxygens (including phenoxy) is 1. The summed E-state index contributed by atoms with van der Waals surface area (Å²) in [5, 5.41) is 13.3. The maximum Gasteiger partial charge on any atom is 0.119 e. The predicted octanol–water partition coefficient (Wildman–Crippen LogP) is 2.09. The summed E-state index contributed by atoms with van der Waals surface area (Å²) in [5.74, 6) is 0.883. The first-order valence-corrected chi connectivity index (χ1v) is 6.34. The zero-order valence-corrected chi connectivity index (χ0v) is 10.4. The second-order valence-corrected chi connectivity index (χ2v) is 4.69. The lowest BCUT2D eigenvalue weighted by Gasteiger charge is -2.28. The van der Waals surface area contributed by atoms with Crippen LogP contribution in [-0.4, -0.2) is 24.4 Å². The first-order valence-electron chi connectivity index (χ1n) is 6.34. The van der Waals surface area contributed by atoms with Gasteiger partial charge < -0.3 is 15.2 Å². The van der Waals surface area contributed by atoms with E-state index in [0.717, 1.165) is 31.6 Å². The maximum absolute atomic E-state index is 9.86. The summed E-state index contributed by atoms with van der Waals surface area (Å²) in [6.07, 6.45) is 4.18. The van der Waals surface area contributed by atoms with Gasteiger partial charge in [0.25, 0.3) is 0 Å². The molecule has 0 aliphatic heterocycles. The van der Waals surface area contributed by atoms with Gasteiger partial charge in [-0.05, 0) is 30.5 Å². The summed E-state index contributed by atoms with van der Waals surface area (Å²) in [6.45, 7) is 0.791. The van der Waals surface area contributed by atoms with Crippen molar-refractivity contribution in [2.75, 3.05) is 7.11 Å². The molecule has 1 aromatic carbocycles. The summed E-state index contributed by atoms with van der Waals surface area (Å²) in [7, 11) is 1.68. The fourth-order valence-corrected chi connectivity index (χ4v) is 2.38. The third-order valence-electron chi connectivity index (χ3n) is 3.43. The van der Waals surface area contributed by atoms with Crippen LogP contribution in [0.25, 0.3) is 0 Å². The summed E-state index contributed by atoms with van der Waals surface area (Å²) in [6, 6.07) is 8.29. The topological polar surface area (TPSA) is 41.5 Å². The molecule has 1 aliphatic carbocycles. The molecule has 2 N–H and O–H groups in total. The molecule has 17 heavy (non-hydrogen) atoms. The molecule has 1 fully saturated rings. The zero-order chi connectivity index (χ0) is 12.1. The van der Waals surface area contributed by atoms with Crippen molar-refractivity contribution in [3.8, 4) is 5.75 Å². The van der Waals surface area contributed by atoms with Crippen LogP contribution in [0.15, 0.2) is 24.3 Å². The molecular weight excluding hydrogens is 214 g/mol. The molecule has 0 heterocycles. The van der Waals surface area contributed by atoms with Gasteiger partial charge in [0, 0.05) is 12.6 Å². The highest BCUT2D eigenvalue weighted by molar-refractivity contribution is 5.28. The van der Waals surface area contributed by atoms with Crippen molar-refractivity contribution in [2.45, 2.75) is 44.4 Å². The Morgan fingerprint density at radius 1 is 1.35 bits per heavy atom. The molecule has 3 heteroatoms. The molecule has 94 valence electrons. The van der Waals surface area contributed by atoms with E-state index in [2.05, 4.69) is 11.4 Å². The molecule has 2 atom stereocenters. The molecule has 0 unspecified atom stereocenters. The van der Waals surface area contributed by atoms with Crippen LogP contribution >= 0.6 is 0 Å². The van der Waals surface area contributed by atoms with E-state index in [1.54, 1.807) is 7.11 Å². The Hall–Kier alpha value is -1.06. The summed E-state index contributed by atoms with van der Waals surface area (Å²) < 4.78 is 5.19. The lowest BCUT2D eigenvalue weighted by molar-refractivity contribution is 0.0902. The standard InChI is InChI=1S/C14H21NO2/c1-17-12-6-4-5-11(9-12)10-15-13-7-2-3-8-14(13)16/h4-6,9,13-16H,2-3,7-8,10H2,1H3/t13-,14-/m0/s1. The van der Waals surface area contributed by atoms with Crippen molar-refractivity contribution in [3.63, 3.8) is 0 Å². The van der Waals surface area contributed by atoms with Crippen LogP contribution in [0.4, 0.5) is 0 Å². The monoisotopic (exact) mass is 235 g/mol. The van der Waals surface area contributed by atoms with Crippen molar-refractivity contribution in [1.82, 2.24) is 5.32 Å². The van der Waals surface area contributed by atoms with E-state index in [1.165, 1.54) is 12.0 Å². The van der Waals surface area contributed by atoms with Gasteiger partial charge >= 0.3 is 0 Å². The maximum atomic E-state index is 9.86. The number of hydrogen-bond donors (Lipinski definition) is 2. The number of nitrogens with one attached hydrogen (secondary N) is 1. The molecule has 0 saturated heterocycles. The third kappa shape index (κ3) is 3.45. The average molecular weight is 235 g/mol. The van der Waals surface area contributed by atoms with Gasteiger partial charge in [-0.25, -0.2) is 0 Å². The third-order valence-corrected chi connectivity index (χ3v) is 3.43. The van der Waals surface area contributed by atoms with E-state index in [-0.39, 0.29) is 12.1 Å². The van der Waals surface area contributed by atoms with Crippen LogP contribution in [0.3, 0.4) is 0 Å². The van der Waals surface area contributed by atoms with E-state index in [4.69, 9.17) is 4.74 Å². The first-order chi connectivity index (χ1) is 8.29. The molecule has 2 rings (SSSR count). The Morgan fingerprint density at radius 3 is 2.94 bits per heavy atom. The Labute approximate surface area is 103 Å². The highest BCUT2D eigenvalue weighted by Gasteiger charge is 2.21. The van der Waals surface area contributed by atoms with Crippen molar-refractivity contribution in [3.05, 3.63) is 29.8 Å². The summed E-state index contributed by atoms with van der Waals surface area (Å²) >= 11 is 0. The molecule has 0 aromatic heterocycles. The molecule has 0 radical (unpaired) electrons. The van der Waals surface area contributed by atoms with E-state index in [9.17, 15) is 5.11 Å². The van der Waals surface area contributed by atoms with Gasteiger partial charge in [-0.1, -0.05) is 25.0 Å². The second-order valence-electron chi connectivity index (χ2n) is 4.69. The highest BCUT2D eigenvalue weighted by atomic mass is 16.5. The summed E-state index contributed by atoms with van der Waals surface area (Å²) in [5.41, 5.74) is 1.20. The van der Waals surface area contributed by atoms with Gasteiger partial charge in [-0.3, -0.25) is 0 Å². The molecule has 1 saturated carbocycles. The summed E-state index contributed by atoms with van der Waals surface area (Å²) in [4.78, 5) is 0. The Bertz CT molecular complexity index is 354. The van der Waals surface area contributed by atoms with E-state index in [0.29, 0.717) is 0 Å². The van der Waals surface area contributed by atoms with Gasteiger partial charge in [-0.15, -0.1) is 0 Å². The van der Waals surface area contributed by atoms with Crippen LogP contribution in [0.2, 0.25) is 0 Å². The number of methoxy groups -OCH3 is 1. The number of aliphatic hydroxyl groups is 1. The first kappa shape index (κ1) is 12.4. The lowest BCUT2D eigenvalue weighted by Crippen LogP contribution is -2.41. The number of aliphatic hydroxyl groups excluding tert-OH is 1. The molecular formula is C14H21NO2. The minimum atomic E-state index is -0.186. The molecule has 1 aromatic rings. The molecule has 3 nitrogen and oxygen atoms in total. The quantitative estimate of drug-likeness (QED) is 0.839. The minimum Gasteiger partial charge on any atom is -0.497 e. The lowest BCUT2D eigenvalue weighted by atomic mass is 9.92. The van der Waals surface area contributed by atoms with Crippen molar-refractivity contribution in [1.29, 1.82) is 0 Å². The average Bonchev–Trinajstić information content (AvgIpc) is 2.38. The van der Waals surface area contributed by atoms with Crippen molar-refractivity contribution in [2.24, 2.45) is 0 Å². The largest absolute Gasteiger partial charge is 0.497 e. The van der Waals surface area contributed by atoms with Crippen molar-refractivity contribution < 1.29 is 9.84 Å². The van der Waals surface area contributed by atoms with E-state index >= 15 is 0 Å².